The molecular formula is C7H12N4O2. The second-order valence-corrected chi connectivity index (χ2v) is 2.66. The fourth-order valence-corrected chi connectivity index (χ4v) is 1.02. The maximum absolute atomic E-state index is 11.0. The van der Waals surface area contributed by atoms with E-state index < -0.39 is 6.03 Å². The highest BCUT2D eigenvalue weighted by Gasteiger charge is 2.17. The molecule has 1 rings (SSSR count). The fraction of sp³-hybridized carbons (Fsp3) is 0.571. The largest absolute Gasteiger partial charge is 0.351 e. The van der Waals surface area contributed by atoms with Gasteiger partial charge in [0, 0.05) is 6.54 Å². The highest BCUT2D eigenvalue weighted by atomic mass is 16.6. The number of hydrogen-bond donors (Lipinski definition) is 1. The van der Waals surface area contributed by atoms with E-state index in [2.05, 4.69) is 14.9 Å². The molecule has 1 aromatic rings. The van der Waals surface area contributed by atoms with Crippen LogP contribution in [0.2, 0.25) is 0 Å². The SMILES string of the molecule is CCCN(C(N)=O)c1nonc1C. The molecule has 0 atom stereocenters. The van der Waals surface area contributed by atoms with Crippen molar-refractivity contribution in [3.8, 4) is 0 Å². The Morgan fingerprint density at radius 3 is 2.69 bits per heavy atom. The number of nitrogens with zero attached hydrogens (tertiary/aromatic N) is 3. The zero-order chi connectivity index (χ0) is 9.84. The summed E-state index contributed by atoms with van der Waals surface area (Å²) in [7, 11) is 0. The van der Waals surface area contributed by atoms with Crippen LogP contribution < -0.4 is 10.6 Å². The average molecular weight is 184 g/mol. The molecule has 0 unspecified atom stereocenters. The molecule has 0 fully saturated rings. The minimum absolute atomic E-state index is 0.398. The summed E-state index contributed by atoms with van der Waals surface area (Å²) in [6.45, 7) is 4.17. The number of anilines is 1. The molecule has 2 N–H and O–H groups in total. The van der Waals surface area contributed by atoms with Crippen LogP contribution in [0.4, 0.5) is 10.6 Å². The van der Waals surface area contributed by atoms with Crippen molar-refractivity contribution < 1.29 is 9.42 Å². The number of aromatic nitrogens is 2. The molecule has 0 saturated heterocycles. The van der Waals surface area contributed by atoms with Crippen LogP contribution in [-0.4, -0.2) is 22.9 Å². The van der Waals surface area contributed by atoms with Crippen molar-refractivity contribution in [1.29, 1.82) is 0 Å². The van der Waals surface area contributed by atoms with Crippen LogP contribution in [0.25, 0.3) is 0 Å². The number of nitrogens with two attached hydrogens (primary N) is 1. The summed E-state index contributed by atoms with van der Waals surface area (Å²) in [5.74, 6) is 0.398. The van der Waals surface area contributed by atoms with Gasteiger partial charge in [0.05, 0.1) is 0 Å². The molecule has 0 bridgehead atoms. The zero-order valence-corrected chi connectivity index (χ0v) is 7.65. The minimum atomic E-state index is -0.541. The molecule has 72 valence electrons. The third-order valence-corrected chi connectivity index (χ3v) is 1.60. The number of aryl methyl sites for hydroxylation is 1. The fourth-order valence-electron chi connectivity index (χ4n) is 1.02. The Morgan fingerprint density at radius 2 is 2.31 bits per heavy atom. The van der Waals surface area contributed by atoms with Crippen molar-refractivity contribution in [1.82, 2.24) is 10.3 Å². The molecule has 0 aliphatic rings. The third-order valence-electron chi connectivity index (χ3n) is 1.60. The number of rotatable bonds is 3. The number of urea groups is 1. The van der Waals surface area contributed by atoms with Gasteiger partial charge >= 0.3 is 6.03 Å². The smallest absolute Gasteiger partial charge is 0.320 e. The predicted octanol–water partition coefficient (Wildman–Crippen LogP) is 0.673. The van der Waals surface area contributed by atoms with Gasteiger partial charge in [-0.25, -0.2) is 9.42 Å². The van der Waals surface area contributed by atoms with Gasteiger partial charge in [0.15, 0.2) is 0 Å². The van der Waals surface area contributed by atoms with Crippen molar-refractivity contribution in [3.05, 3.63) is 5.69 Å². The Labute approximate surface area is 75.7 Å². The van der Waals surface area contributed by atoms with E-state index in [1.54, 1.807) is 6.92 Å². The maximum atomic E-state index is 11.0. The number of carbonyl (C=O) groups excluding carboxylic acids is 1. The van der Waals surface area contributed by atoms with Crippen molar-refractivity contribution in [2.75, 3.05) is 11.4 Å². The lowest BCUT2D eigenvalue weighted by Crippen LogP contribution is -2.37. The van der Waals surface area contributed by atoms with Crippen LogP contribution in [0.3, 0.4) is 0 Å². The van der Waals surface area contributed by atoms with Crippen LogP contribution in [0, 0.1) is 6.92 Å². The predicted molar refractivity (Wildman–Crippen MR) is 46.3 cm³/mol. The van der Waals surface area contributed by atoms with Gasteiger partial charge in [-0.1, -0.05) is 12.1 Å². The first-order valence-electron chi connectivity index (χ1n) is 4.03. The zero-order valence-electron chi connectivity index (χ0n) is 7.65. The Kier molecular flexibility index (Phi) is 2.84. The Hall–Kier alpha value is -1.59. The first kappa shape index (κ1) is 9.50. The summed E-state index contributed by atoms with van der Waals surface area (Å²) in [4.78, 5) is 12.3. The van der Waals surface area contributed by atoms with Gasteiger partial charge in [-0.05, 0) is 18.5 Å². The van der Waals surface area contributed by atoms with Crippen LogP contribution in [0.1, 0.15) is 19.0 Å². The minimum Gasteiger partial charge on any atom is -0.351 e. The van der Waals surface area contributed by atoms with Crippen molar-refractivity contribution in [2.24, 2.45) is 5.73 Å². The average Bonchev–Trinajstić information content (AvgIpc) is 2.47. The highest BCUT2D eigenvalue weighted by Crippen LogP contribution is 2.14. The van der Waals surface area contributed by atoms with E-state index in [0.29, 0.717) is 18.1 Å². The lowest BCUT2D eigenvalue weighted by atomic mass is 10.4. The van der Waals surface area contributed by atoms with Gasteiger partial charge in [-0.3, -0.25) is 4.90 Å². The van der Waals surface area contributed by atoms with E-state index in [4.69, 9.17) is 5.73 Å². The molecule has 0 radical (unpaired) electrons. The van der Waals surface area contributed by atoms with E-state index in [1.165, 1.54) is 4.90 Å². The Balaban J connectivity index is 2.88. The second-order valence-electron chi connectivity index (χ2n) is 2.66. The molecule has 1 heterocycles. The molecular weight excluding hydrogens is 172 g/mol. The molecule has 6 heteroatoms. The van der Waals surface area contributed by atoms with Crippen LogP contribution in [0.5, 0.6) is 0 Å². The quantitative estimate of drug-likeness (QED) is 0.748. The van der Waals surface area contributed by atoms with Gasteiger partial charge in [0.2, 0.25) is 5.82 Å². The summed E-state index contributed by atoms with van der Waals surface area (Å²) in [6, 6.07) is -0.541. The van der Waals surface area contributed by atoms with E-state index in [-0.39, 0.29) is 0 Å². The number of hydrogen-bond acceptors (Lipinski definition) is 4. The number of amides is 2. The summed E-state index contributed by atoms with van der Waals surface area (Å²) < 4.78 is 4.47. The molecule has 1 aromatic heterocycles. The third kappa shape index (κ3) is 1.95. The van der Waals surface area contributed by atoms with Gasteiger partial charge in [0.1, 0.15) is 5.69 Å². The molecule has 0 aliphatic carbocycles. The molecule has 0 saturated carbocycles. The molecule has 0 aliphatic heterocycles. The number of carbonyl (C=O) groups is 1. The molecule has 0 spiro atoms. The van der Waals surface area contributed by atoms with Crippen LogP contribution in [-0.2, 0) is 0 Å². The van der Waals surface area contributed by atoms with E-state index in [0.717, 1.165) is 6.42 Å². The lowest BCUT2D eigenvalue weighted by molar-refractivity contribution is 0.253. The lowest BCUT2D eigenvalue weighted by Gasteiger charge is -2.15. The topological polar surface area (TPSA) is 85.2 Å². The highest BCUT2D eigenvalue weighted by molar-refractivity contribution is 5.89. The standard InChI is InChI=1S/C7H12N4O2/c1-3-4-11(7(8)12)6-5(2)9-13-10-6/h3-4H2,1-2H3,(H2,8,12). The summed E-state index contributed by atoms with van der Waals surface area (Å²) in [6.07, 6.45) is 0.801. The summed E-state index contributed by atoms with van der Waals surface area (Å²) in [5.41, 5.74) is 5.72. The van der Waals surface area contributed by atoms with Gasteiger partial charge in [-0.15, -0.1) is 0 Å². The van der Waals surface area contributed by atoms with Gasteiger partial charge in [0.25, 0.3) is 0 Å². The van der Waals surface area contributed by atoms with Crippen molar-refractivity contribution >= 4 is 11.8 Å². The Bertz CT molecular complexity index is 296. The second kappa shape index (κ2) is 3.88. The normalized spacial score (nSPS) is 10.0. The van der Waals surface area contributed by atoms with E-state index in [9.17, 15) is 4.79 Å². The van der Waals surface area contributed by atoms with Crippen molar-refractivity contribution in [2.45, 2.75) is 20.3 Å². The molecule has 6 nitrogen and oxygen atoms in total. The monoisotopic (exact) mass is 184 g/mol. The first-order valence-corrected chi connectivity index (χ1v) is 4.03. The van der Waals surface area contributed by atoms with Crippen LogP contribution >= 0.6 is 0 Å². The van der Waals surface area contributed by atoms with Gasteiger partial charge < -0.3 is 5.73 Å². The maximum Gasteiger partial charge on any atom is 0.320 e. The molecule has 0 aromatic carbocycles. The van der Waals surface area contributed by atoms with Crippen LogP contribution in [0.15, 0.2) is 4.63 Å². The Morgan fingerprint density at radius 1 is 1.62 bits per heavy atom. The van der Waals surface area contributed by atoms with Crippen molar-refractivity contribution in [3.63, 3.8) is 0 Å². The van der Waals surface area contributed by atoms with E-state index in [1.807, 2.05) is 6.92 Å². The molecule has 2 amide bonds. The summed E-state index contributed by atoms with van der Waals surface area (Å²) >= 11 is 0. The molecule has 13 heavy (non-hydrogen) atoms. The number of primary amides is 1. The van der Waals surface area contributed by atoms with E-state index >= 15 is 0 Å². The van der Waals surface area contributed by atoms with Gasteiger partial charge in [-0.2, -0.15) is 0 Å². The first-order chi connectivity index (χ1) is 6.16. The summed E-state index contributed by atoms with van der Waals surface area (Å²) in [5, 5.41) is 7.16.